The fourth-order valence-corrected chi connectivity index (χ4v) is 2.74. The fourth-order valence-electron chi connectivity index (χ4n) is 2.02. The number of anilines is 1. The number of nitrogens with one attached hydrogen (secondary N) is 1. The van der Waals surface area contributed by atoms with Crippen molar-refractivity contribution < 1.29 is 9.55 Å². The molecule has 9 heteroatoms. The molecule has 0 unspecified atom stereocenters. The van der Waals surface area contributed by atoms with Crippen LogP contribution in [0.3, 0.4) is 0 Å². The lowest BCUT2D eigenvalue weighted by atomic mass is 10.1. The zero-order valence-electron chi connectivity index (χ0n) is 11.2. The molecule has 0 aliphatic rings. The van der Waals surface area contributed by atoms with E-state index < -0.39 is 10.5 Å². The van der Waals surface area contributed by atoms with Gasteiger partial charge in [0.25, 0.3) is 0 Å². The SMILES string of the molecule is CC(C)(Nc1ccc([N+](=O)[O-])c2nonc12)c1nccs1. The number of rotatable bonds is 4. The van der Waals surface area contributed by atoms with E-state index >= 15 is 0 Å². The van der Waals surface area contributed by atoms with Gasteiger partial charge in [0.05, 0.1) is 16.1 Å². The van der Waals surface area contributed by atoms with Crippen LogP contribution >= 0.6 is 11.3 Å². The number of benzene rings is 1. The standard InChI is InChI=1S/C12H11N5O3S/c1-12(2,11-13-5-6-21-11)14-7-3-4-8(17(18)19)10-9(7)15-20-16-10/h3-6,14H,1-2H3. The van der Waals surface area contributed by atoms with Crippen molar-refractivity contribution in [1.29, 1.82) is 0 Å². The number of non-ortho nitro benzene ring substituents is 1. The van der Waals surface area contributed by atoms with Crippen molar-refractivity contribution in [2.24, 2.45) is 0 Å². The Kier molecular flexibility index (Phi) is 3.05. The molecule has 2 heterocycles. The maximum Gasteiger partial charge on any atom is 0.300 e. The summed E-state index contributed by atoms with van der Waals surface area (Å²) >= 11 is 1.52. The summed E-state index contributed by atoms with van der Waals surface area (Å²) in [5.41, 5.74) is 0.477. The van der Waals surface area contributed by atoms with Crippen molar-refractivity contribution in [2.45, 2.75) is 19.4 Å². The van der Waals surface area contributed by atoms with Gasteiger partial charge < -0.3 is 5.32 Å². The zero-order valence-corrected chi connectivity index (χ0v) is 12.0. The summed E-state index contributed by atoms with van der Waals surface area (Å²) in [5.74, 6) is 0. The quantitative estimate of drug-likeness (QED) is 0.583. The minimum absolute atomic E-state index is 0.125. The molecule has 2 aromatic heterocycles. The average Bonchev–Trinajstić information content (AvgIpc) is 3.10. The number of hydrogen-bond acceptors (Lipinski definition) is 8. The van der Waals surface area contributed by atoms with Crippen LogP contribution in [0.25, 0.3) is 11.0 Å². The van der Waals surface area contributed by atoms with E-state index in [1.54, 1.807) is 12.3 Å². The minimum atomic E-state index is -0.512. The van der Waals surface area contributed by atoms with Crippen LogP contribution < -0.4 is 5.32 Å². The third kappa shape index (κ3) is 2.31. The Morgan fingerprint density at radius 2 is 2.10 bits per heavy atom. The summed E-state index contributed by atoms with van der Waals surface area (Å²) in [6, 6.07) is 2.98. The molecule has 3 rings (SSSR count). The number of nitrogens with zero attached hydrogens (tertiary/aromatic N) is 4. The molecule has 0 aliphatic carbocycles. The maximum atomic E-state index is 11.0. The third-order valence-corrected chi connectivity index (χ3v) is 4.10. The second kappa shape index (κ2) is 4.77. The van der Waals surface area contributed by atoms with Gasteiger partial charge in [-0.1, -0.05) is 0 Å². The topological polar surface area (TPSA) is 107 Å². The van der Waals surface area contributed by atoms with Gasteiger partial charge in [-0.05, 0) is 30.2 Å². The molecule has 1 aromatic carbocycles. The van der Waals surface area contributed by atoms with Crippen molar-refractivity contribution >= 4 is 33.7 Å². The number of fused-ring (bicyclic) bond motifs is 1. The lowest BCUT2D eigenvalue weighted by molar-refractivity contribution is -0.383. The van der Waals surface area contributed by atoms with E-state index in [0.29, 0.717) is 11.2 Å². The first-order valence-corrected chi connectivity index (χ1v) is 6.95. The van der Waals surface area contributed by atoms with E-state index in [2.05, 4.69) is 25.2 Å². The molecule has 0 atom stereocenters. The molecule has 3 aromatic rings. The van der Waals surface area contributed by atoms with Gasteiger partial charge in [0.15, 0.2) is 5.52 Å². The molecule has 8 nitrogen and oxygen atoms in total. The number of hydrogen-bond donors (Lipinski definition) is 1. The van der Waals surface area contributed by atoms with Crippen molar-refractivity contribution in [3.8, 4) is 0 Å². The molecule has 0 aliphatic heterocycles. The largest absolute Gasteiger partial charge is 0.372 e. The molecule has 0 spiro atoms. The normalized spacial score (nSPS) is 11.7. The number of thiazole rings is 1. The van der Waals surface area contributed by atoms with Crippen LogP contribution in [0.4, 0.5) is 11.4 Å². The highest BCUT2D eigenvalue weighted by molar-refractivity contribution is 7.09. The molecule has 0 saturated carbocycles. The zero-order chi connectivity index (χ0) is 15.0. The minimum Gasteiger partial charge on any atom is -0.372 e. The molecule has 0 saturated heterocycles. The first-order valence-electron chi connectivity index (χ1n) is 6.07. The molecule has 0 radical (unpaired) electrons. The van der Waals surface area contributed by atoms with Crippen molar-refractivity contribution in [2.75, 3.05) is 5.32 Å². The number of nitro groups is 1. The van der Waals surface area contributed by atoms with E-state index in [9.17, 15) is 10.1 Å². The average molecular weight is 305 g/mol. The van der Waals surface area contributed by atoms with Gasteiger partial charge in [0.2, 0.25) is 5.52 Å². The smallest absolute Gasteiger partial charge is 0.300 e. The summed E-state index contributed by atoms with van der Waals surface area (Å²) in [5, 5.41) is 24.4. The highest BCUT2D eigenvalue weighted by atomic mass is 32.1. The van der Waals surface area contributed by atoms with Crippen LogP contribution in [0.2, 0.25) is 0 Å². The monoisotopic (exact) mass is 305 g/mol. The molecule has 1 N–H and O–H groups in total. The second-order valence-corrected chi connectivity index (χ2v) is 5.83. The molecule has 0 amide bonds. The first kappa shape index (κ1) is 13.4. The molecular weight excluding hydrogens is 294 g/mol. The highest BCUT2D eigenvalue weighted by Crippen LogP contribution is 2.33. The molecule has 21 heavy (non-hydrogen) atoms. The Bertz CT molecular complexity index is 796. The van der Waals surface area contributed by atoms with E-state index in [4.69, 9.17) is 0 Å². The highest BCUT2D eigenvalue weighted by Gasteiger charge is 2.26. The van der Waals surface area contributed by atoms with Crippen LogP contribution in [0.5, 0.6) is 0 Å². The van der Waals surface area contributed by atoms with Crippen LogP contribution in [0.1, 0.15) is 18.9 Å². The molecule has 0 bridgehead atoms. The summed E-state index contributed by atoms with van der Waals surface area (Å²) in [6.07, 6.45) is 1.73. The van der Waals surface area contributed by atoms with E-state index in [1.165, 1.54) is 17.4 Å². The molecule has 0 fully saturated rings. The van der Waals surface area contributed by atoms with E-state index in [-0.39, 0.29) is 11.2 Å². The van der Waals surface area contributed by atoms with Gasteiger partial charge in [0.1, 0.15) is 5.01 Å². The molecule has 108 valence electrons. The second-order valence-electron chi connectivity index (χ2n) is 4.94. The van der Waals surface area contributed by atoms with Gasteiger partial charge in [-0.25, -0.2) is 9.61 Å². The van der Waals surface area contributed by atoms with Crippen molar-refractivity contribution in [3.05, 3.63) is 38.8 Å². The van der Waals surface area contributed by atoms with Gasteiger partial charge in [0, 0.05) is 17.6 Å². The predicted octanol–water partition coefficient (Wildman–Crippen LogP) is 2.93. The lowest BCUT2D eigenvalue weighted by Crippen LogP contribution is -2.27. The van der Waals surface area contributed by atoms with Crippen molar-refractivity contribution in [1.82, 2.24) is 15.3 Å². The van der Waals surface area contributed by atoms with Gasteiger partial charge in [-0.3, -0.25) is 10.1 Å². The van der Waals surface area contributed by atoms with E-state index in [0.717, 1.165) is 5.01 Å². The third-order valence-electron chi connectivity index (χ3n) is 3.00. The predicted molar refractivity (Wildman–Crippen MR) is 77.2 cm³/mol. The Labute approximate surface area is 122 Å². The van der Waals surface area contributed by atoms with Crippen LogP contribution in [-0.2, 0) is 5.54 Å². The summed E-state index contributed by atoms with van der Waals surface area (Å²) in [6.45, 7) is 3.93. The van der Waals surface area contributed by atoms with Crippen LogP contribution in [0, 0.1) is 10.1 Å². The summed E-state index contributed by atoms with van der Waals surface area (Å²) in [7, 11) is 0. The maximum absolute atomic E-state index is 11.0. The Morgan fingerprint density at radius 1 is 1.33 bits per heavy atom. The van der Waals surface area contributed by atoms with Gasteiger partial charge in [-0.2, -0.15) is 0 Å². The summed E-state index contributed by atoms with van der Waals surface area (Å²) < 4.78 is 4.64. The van der Waals surface area contributed by atoms with E-state index in [1.807, 2.05) is 19.2 Å². The number of nitro benzene ring substituents is 1. The fraction of sp³-hybridized carbons (Fsp3) is 0.250. The summed E-state index contributed by atoms with van der Waals surface area (Å²) in [4.78, 5) is 14.7. The van der Waals surface area contributed by atoms with Gasteiger partial charge in [-0.15, -0.1) is 11.3 Å². The Balaban J connectivity index is 2.04. The first-order chi connectivity index (χ1) is 9.99. The molecular formula is C12H11N5O3S. The number of aromatic nitrogens is 3. The van der Waals surface area contributed by atoms with Crippen LogP contribution in [-0.4, -0.2) is 20.2 Å². The van der Waals surface area contributed by atoms with Crippen molar-refractivity contribution in [3.63, 3.8) is 0 Å². The van der Waals surface area contributed by atoms with Crippen LogP contribution in [0.15, 0.2) is 28.3 Å². The lowest BCUT2D eigenvalue weighted by Gasteiger charge is -2.25. The Hall–Kier alpha value is -2.55. The Morgan fingerprint density at radius 3 is 2.76 bits per heavy atom. The van der Waals surface area contributed by atoms with Gasteiger partial charge >= 0.3 is 5.69 Å².